The number of aromatic nitrogens is 4. The molecule has 4 N–H and O–H groups in total. The molecule has 5 aromatic rings. The van der Waals surface area contributed by atoms with Gasteiger partial charge in [0.25, 0.3) is 11.5 Å². The third-order valence-corrected chi connectivity index (χ3v) is 5.58. The summed E-state index contributed by atoms with van der Waals surface area (Å²) in [4.78, 5) is 27.8. The Morgan fingerprint density at radius 1 is 1.09 bits per heavy atom. The maximum atomic E-state index is 12.9. The first-order valence-corrected chi connectivity index (χ1v) is 11.1. The second-order valence-corrected chi connectivity index (χ2v) is 7.99. The molecule has 0 bridgehead atoms. The normalized spacial score (nSPS) is 10.8. The van der Waals surface area contributed by atoms with Crippen LogP contribution in [0, 0.1) is 0 Å². The Morgan fingerprint density at radius 3 is 2.56 bits per heavy atom. The Balaban J connectivity index is 0.000000180. The van der Waals surface area contributed by atoms with Crippen LogP contribution in [-0.4, -0.2) is 25.1 Å². The number of primary amides is 1. The zero-order valence-corrected chi connectivity index (χ0v) is 19.2. The van der Waals surface area contributed by atoms with Crippen molar-refractivity contribution in [1.82, 2.24) is 19.2 Å². The van der Waals surface area contributed by atoms with Crippen molar-refractivity contribution in [2.75, 3.05) is 5.73 Å². The van der Waals surface area contributed by atoms with Gasteiger partial charge in [0.05, 0.1) is 10.4 Å². The van der Waals surface area contributed by atoms with E-state index in [9.17, 15) is 9.59 Å². The molecule has 0 unspecified atom stereocenters. The van der Waals surface area contributed by atoms with Crippen LogP contribution < -0.4 is 17.0 Å². The molecule has 0 radical (unpaired) electrons. The van der Waals surface area contributed by atoms with Crippen LogP contribution in [0.1, 0.15) is 29.4 Å². The highest BCUT2D eigenvalue weighted by Gasteiger charge is 2.15. The van der Waals surface area contributed by atoms with E-state index < -0.39 is 5.91 Å². The van der Waals surface area contributed by atoms with E-state index in [1.54, 1.807) is 29.1 Å². The molecule has 3 aromatic heterocycles. The van der Waals surface area contributed by atoms with Gasteiger partial charge in [-0.05, 0) is 42.1 Å². The molecule has 2 aromatic carbocycles. The highest BCUT2D eigenvalue weighted by molar-refractivity contribution is 6.35. The first-order chi connectivity index (χ1) is 16.4. The summed E-state index contributed by atoms with van der Waals surface area (Å²) in [6.45, 7) is 2.11. The number of benzene rings is 2. The van der Waals surface area contributed by atoms with Crippen molar-refractivity contribution < 1.29 is 4.79 Å². The monoisotopic (exact) mass is 474 g/mol. The first-order valence-electron chi connectivity index (χ1n) is 10.7. The first kappa shape index (κ1) is 23.0. The van der Waals surface area contributed by atoms with E-state index in [2.05, 4.69) is 23.1 Å². The molecule has 0 saturated carbocycles. The fourth-order valence-electron chi connectivity index (χ4n) is 3.81. The zero-order valence-electron chi connectivity index (χ0n) is 18.5. The fourth-order valence-corrected chi connectivity index (χ4v) is 4.08. The van der Waals surface area contributed by atoms with E-state index in [0.717, 1.165) is 29.6 Å². The molecule has 0 aliphatic carbocycles. The summed E-state index contributed by atoms with van der Waals surface area (Å²) in [5, 5.41) is 5.86. The number of carbonyl (C=O) groups is 1. The zero-order chi connectivity index (χ0) is 24.2. The smallest absolute Gasteiger partial charge is 0.264 e. The Bertz CT molecular complexity index is 1540. The molecule has 34 heavy (non-hydrogen) atoms. The van der Waals surface area contributed by atoms with Crippen molar-refractivity contribution in [3.8, 4) is 5.69 Å². The van der Waals surface area contributed by atoms with Crippen molar-refractivity contribution in [2.45, 2.75) is 19.8 Å². The van der Waals surface area contributed by atoms with Gasteiger partial charge in [-0.2, -0.15) is 0 Å². The van der Waals surface area contributed by atoms with Crippen LogP contribution in [0.15, 0.2) is 77.9 Å². The van der Waals surface area contributed by atoms with Crippen LogP contribution in [-0.2, 0) is 6.42 Å². The highest BCUT2D eigenvalue weighted by Crippen LogP contribution is 2.23. The molecule has 3 heterocycles. The lowest BCUT2D eigenvalue weighted by Gasteiger charge is -2.14. The number of para-hydroxylation sites is 1. The molecule has 9 heteroatoms. The minimum atomic E-state index is -0.619. The van der Waals surface area contributed by atoms with Crippen molar-refractivity contribution in [1.29, 1.82) is 0 Å². The van der Waals surface area contributed by atoms with Crippen molar-refractivity contribution >= 4 is 39.7 Å². The Morgan fingerprint density at radius 2 is 1.85 bits per heavy atom. The van der Waals surface area contributed by atoms with Crippen LogP contribution in [0.5, 0.6) is 0 Å². The molecule has 1 amide bonds. The number of halogens is 1. The fraction of sp³-hybridized carbons (Fsp3) is 0.120. The van der Waals surface area contributed by atoms with Crippen LogP contribution in [0.25, 0.3) is 22.1 Å². The number of nitrogens with two attached hydrogens (primary N) is 2. The lowest BCUT2D eigenvalue weighted by atomic mass is 10.1. The molecule has 0 saturated heterocycles. The maximum absolute atomic E-state index is 12.9. The van der Waals surface area contributed by atoms with Gasteiger partial charge in [-0.15, -0.1) is 5.10 Å². The average Bonchev–Trinajstić information content (AvgIpc) is 3.16. The summed E-state index contributed by atoms with van der Waals surface area (Å²) >= 11 is 6.24. The highest BCUT2D eigenvalue weighted by atomic mass is 35.5. The van der Waals surface area contributed by atoms with Crippen LogP contribution in [0.2, 0.25) is 5.02 Å². The van der Waals surface area contributed by atoms with Crippen molar-refractivity contribution in [2.24, 2.45) is 5.73 Å². The quantitative estimate of drug-likeness (QED) is 0.407. The minimum absolute atomic E-state index is 0.0484. The lowest BCUT2D eigenvalue weighted by molar-refractivity contribution is 0.100. The van der Waals surface area contributed by atoms with E-state index >= 15 is 0 Å². The summed E-state index contributed by atoms with van der Waals surface area (Å²) in [5.41, 5.74) is 13.0. The number of hydrogen-bond acceptors (Lipinski definition) is 5. The number of nitrogens with zero attached hydrogens (tertiary/aromatic N) is 4. The molecule has 0 aliphatic rings. The lowest BCUT2D eigenvalue weighted by Crippen LogP contribution is -2.22. The van der Waals surface area contributed by atoms with Crippen molar-refractivity contribution in [3.63, 3.8) is 0 Å². The summed E-state index contributed by atoms with van der Waals surface area (Å²) in [5.74, 6) is -0.516. The molecule has 8 nitrogen and oxygen atoms in total. The van der Waals surface area contributed by atoms with Crippen LogP contribution in [0.4, 0.5) is 5.82 Å². The van der Waals surface area contributed by atoms with E-state index in [1.165, 1.54) is 4.52 Å². The number of pyridine rings is 1. The third-order valence-electron chi connectivity index (χ3n) is 5.26. The number of carbonyl (C=O) groups excluding carboxylic acids is 1. The van der Waals surface area contributed by atoms with Gasteiger partial charge < -0.3 is 11.5 Å². The molecular weight excluding hydrogens is 452 g/mol. The van der Waals surface area contributed by atoms with Gasteiger partial charge >= 0.3 is 0 Å². The Hall–Kier alpha value is -4.17. The number of fused-ring (bicyclic) bond motifs is 2. The maximum Gasteiger partial charge on any atom is 0.264 e. The number of amides is 1. The predicted octanol–water partition coefficient (Wildman–Crippen LogP) is 4.01. The third kappa shape index (κ3) is 4.35. The van der Waals surface area contributed by atoms with Gasteiger partial charge in [0.1, 0.15) is 5.56 Å². The topological polar surface area (TPSA) is 121 Å². The predicted molar refractivity (Wildman–Crippen MR) is 134 cm³/mol. The molecular formula is C25H23ClN6O2. The molecule has 0 aliphatic heterocycles. The minimum Gasteiger partial charge on any atom is -0.381 e. The van der Waals surface area contributed by atoms with Gasteiger partial charge in [-0.25, -0.2) is 9.50 Å². The van der Waals surface area contributed by atoms with Gasteiger partial charge in [-0.1, -0.05) is 55.3 Å². The van der Waals surface area contributed by atoms with Crippen LogP contribution in [0.3, 0.4) is 0 Å². The van der Waals surface area contributed by atoms with E-state index in [0.29, 0.717) is 16.1 Å². The van der Waals surface area contributed by atoms with Gasteiger partial charge in [0, 0.05) is 23.8 Å². The molecule has 0 spiro atoms. The summed E-state index contributed by atoms with van der Waals surface area (Å²) in [7, 11) is 0. The average molecular weight is 475 g/mol. The second-order valence-electron chi connectivity index (χ2n) is 7.58. The van der Waals surface area contributed by atoms with Gasteiger partial charge in [0.2, 0.25) is 0 Å². The molecule has 0 atom stereocenters. The van der Waals surface area contributed by atoms with E-state index in [4.69, 9.17) is 23.1 Å². The number of aryl methyl sites for hydroxylation is 1. The summed E-state index contributed by atoms with van der Waals surface area (Å²) < 4.78 is 3.19. The van der Waals surface area contributed by atoms with Gasteiger partial charge in [-0.3, -0.25) is 14.2 Å². The second kappa shape index (κ2) is 9.76. The number of nitrogen functional groups attached to an aromatic ring is 1. The largest absolute Gasteiger partial charge is 0.381 e. The van der Waals surface area contributed by atoms with Crippen LogP contribution >= 0.6 is 11.6 Å². The van der Waals surface area contributed by atoms with Crippen molar-refractivity contribution in [3.05, 3.63) is 99.7 Å². The number of hydrogen-bond donors (Lipinski definition) is 2. The summed E-state index contributed by atoms with van der Waals surface area (Å²) in [6.07, 6.45) is 5.03. The Labute approximate surface area is 200 Å². The van der Waals surface area contributed by atoms with E-state index in [-0.39, 0.29) is 16.9 Å². The van der Waals surface area contributed by atoms with E-state index in [1.807, 2.05) is 42.5 Å². The molecule has 172 valence electrons. The standard InChI is InChI=1S/C18H16ClNO.C7H7N5O/c1-2-7-15-12-13-8-6-11-16(19)17(13)18(21)20(15)14-9-4-3-5-10-14;8-5-4(6(9)13)7-10-2-1-3-12(7)11-5/h3-6,8-12H,2,7H2,1H3;1-3H,(H2,8,11)(H2,9,13). The Kier molecular flexibility index (Phi) is 6.60. The van der Waals surface area contributed by atoms with Gasteiger partial charge in [0.15, 0.2) is 11.5 Å². The number of rotatable bonds is 4. The summed E-state index contributed by atoms with van der Waals surface area (Å²) in [6, 6.07) is 19.1. The molecule has 5 rings (SSSR count). The SMILES string of the molecule is CCCc1cc2cccc(Cl)c2c(=O)n1-c1ccccc1.NC(=O)c1c(N)nn2cccnc12. The molecule has 0 fully saturated rings. The number of anilines is 1.